The van der Waals surface area contributed by atoms with Crippen molar-refractivity contribution in [2.24, 2.45) is 11.8 Å². The predicted octanol–water partition coefficient (Wildman–Crippen LogP) is 3.16. The summed E-state index contributed by atoms with van der Waals surface area (Å²) < 4.78 is 5.38. The van der Waals surface area contributed by atoms with Crippen molar-refractivity contribution >= 4 is 0 Å². The second-order valence-electron chi connectivity index (χ2n) is 4.64. The quantitative estimate of drug-likeness (QED) is 0.826. The molecule has 0 aromatic heterocycles. The van der Waals surface area contributed by atoms with Crippen molar-refractivity contribution in [3.63, 3.8) is 0 Å². The molecule has 16 heavy (non-hydrogen) atoms. The average Bonchev–Trinajstić information content (AvgIpc) is 3.12. The van der Waals surface area contributed by atoms with Crippen LogP contribution in [0.2, 0.25) is 0 Å². The molecular formula is C14H20O2. The lowest BCUT2D eigenvalue weighted by Gasteiger charge is -2.18. The Kier molecular flexibility index (Phi) is 3.49. The number of benzene rings is 1. The molecule has 0 spiro atoms. The van der Waals surface area contributed by atoms with Crippen LogP contribution < -0.4 is 4.74 Å². The molecule has 1 N–H and O–H groups in total. The molecule has 0 saturated heterocycles. The van der Waals surface area contributed by atoms with E-state index < -0.39 is 0 Å². The molecule has 1 aromatic carbocycles. The first-order valence-electron chi connectivity index (χ1n) is 6.13. The van der Waals surface area contributed by atoms with Crippen LogP contribution in [0, 0.1) is 11.8 Å². The summed E-state index contributed by atoms with van der Waals surface area (Å²) in [4.78, 5) is 0. The van der Waals surface area contributed by atoms with E-state index in [0.717, 1.165) is 17.2 Å². The van der Waals surface area contributed by atoms with E-state index in [-0.39, 0.29) is 6.10 Å². The summed E-state index contributed by atoms with van der Waals surface area (Å²) in [5.41, 5.74) is 1.00. The standard InChI is InChI=1S/C14H20O2/c1-3-16-13-8-6-12(7-9-13)14(15)10(2)11-4-5-11/h6-11,14-15H,3-5H2,1-2H3. The highest BCUT2D eigenvalue weighted by Gasteiger charge is 2.32. The van der Waals surface area contributed by atoms with E-state index in [2.05, 4.69) is 6.92 Å². The van der Waals surface area contributed by atoms with Gasteiger partial charge < -0.3 is 9.84 Å². The molecule has 0 heterocycles. The largest absolute Gasteiger partial charge is 0.494 e. The van der Waals surface area contributed by atoms with E-state index in [4.69, 9.17) is 4.74 Å². The fraction of sp³-hybridized carbons (Fsp3) is 0.571. The van der Waals surface area contributed by atoms with Gasteiger partial charge in [-0.25, -0.2) is 0 Å². The Morgan fingerprint density at radius 3 is 2.44 bits per heavy atom. The van der Waals surface area contributed by atoms with Crippen molar-refractivity contribution < 1.29 is 9.84 Å². The summed E-state index contributed by atoms with van der Waals surface area (Å²) in [6.07, 6.45) is 2.22. The summed E-state index contributed by atoms with van der Waals surface area (Å²) in [6, 6.07) is 7.80. The monoisotopic (exact) mass is 220 g/mol. The van der Waals surface area contributed by atoms with Crippen LogP contribution in [0.15, 0.2) is 24.3 Å². The molecule has 1 aliphatic carbocycles. The number of hydrogen-bond acceptors (Lipinski definition) is 2. The van der Waals surface area contributed by atoms with Crippen LogP contribution in [-0.4, -0.2) is 11.7 Å². The molecule has 2 nitrogen and oxygen atoms in total. The molecule has 1 fully saturated rings. The first-order valence-corrected chi connectivity index (χ1v) is 6.13. The molecule has 0 radical (unpaired) electrons. The minimum Gasteiger partial charge on any atom is -0.494 e. The van der Waals surface area contributed by atoms with Crippen molar-refractivity contribution in [3.8, 4) is 5.75 Å². The number of aliphatic hydroxyl groups is 1. The van der Waals surface area contributed by atoms with Crippen LogP contribution in [0.1, 0.15) is 38.4 Å². The fourth-order valence-corrected chi connectivity index (χ4v) is 2.11. The van der Waals surface area contributed by atoms with Gasteiger partial charge in [-0.05, 0) is 49.3 Å². The van der Waals surface area contributed by atoms with Crippen LogP contribution in [0.3, 0.4) is 0 Å². The Labute approximate surface area is 97.3 Å². The van der Waals surface area contributed by atoms with E-state index in [0.29, 0.717) is 12.5 Å². The maximum atomic E-state index is 10.2. The molecule has 2 rings (SSSR count). The lowest BCUT2D eigenvalue weighted by molar-refractivity contribution is 0.106. The maximum absolute atomic E-state index is 10.2. The smallest absolute Gasteiger partial charge is 0.119 e. The average molecular weight is 220 g/mol. The zero-order valence-corrected chi connectivity index (χ0v) is 10.0. The zero-order valence-electron chi connectivity index (χ0n) is 10.0. The SMILES string of the molecule is CCOc1ccc(C(O)C(C)C2CC2)cc1. The first-order chi connectivity index (χ1) is 7.72. The summed E-state index contributed by atoms with van der Waals surface area (Å²) >= 11 is 0. The van der Waals surface area contributed by atoms with Gasteiger partial charge in [0.25, 0.3) is 0 Å². The number of ether oxygens (including phenoxy) is 1. The van der Waals surface area contributed by atoms with Gasteiger partial charge in [-0.15, -0.1) is 0 Å². The third-order valence-corrected chi connectivity index (χ3v) is 3.40. The van der Waals surface area contributed by atoms with Crippen LogP contribution in [-0.2, 0) is 0 Å². The second kappa shape index (κ2) is 4.88. The molecule has 1 saturated carbocycles. The van der Waals surface area contributed by atoms with Gasteiger partial charge in [0.15, 0.2) is 0 Å². The summed E-state index contributed by atoms with van der Waals surface area (Å²) in [5.74, 6) is 1.97. The molecule has 1 aromatic rings. The van der Waals surface area contributed by atoms with E-state index >= 15 is 0 Å². The molecule has 2 unspecified atom stereocenters. The topological polar surface area (TPSA) is 29.5 Å². The van der Waals surface area contributed by atoms with Crippen molar-refractivity contribution in [2.45, 2.75) is 32.8 Å². The zero-order chi connectivity index (χ0) is 11.5. The van der Waals surface area contributed by atoms with Gasteiger partial charge in [-0.1, -0.05) is 19.1 Å². The van der Waals surface area contributed by atoms with Gasteiger partial charge in [0.1, 0.15) is 5.75 Å². The van der Waals surface area contributed by atoms with Gasteiger partial charge >= 0.3 is 0 Å². The van der Waals surface area contributed by atoms with Crippen LogP contribution in [0.4, 0.5) is 0 Å². The van der Waals surface area contributed by atoms with Crippen molar-refractivity contribution in [1.29, 1.82) is 0 Å². The van der Waals surface area contributed by atoms with Crippen LogP contribution >= 0.6 is 0 Å². The lowest BCUT2D eigenvalue weighted by Crippen LogP contribution is -2.10. The highest BCUT2D eigenvalue weighted by Crippen LogP contribution is 2.42. The van der Waals surface area contributed by atoms with E-state index in [1.165, 1.54) is 12.8 Å². The van der Waals surface area contributed by atoms with Gasteiger partial charge in [-0.2, -0.15) is 0 Å². The molecule has 0 aliphatic heterocycles. The highest BCUT2D eigenvalue weighted by atomic mass is 16.5. The molecule has 0 bridgehead atoms. The number of aliphatic hydroxyl groups excluding tert-OH is 1. The highest BCUT2D eigenvalue weighted by molar-refractivity contribution is 5.28. The molecule has 0 amide bonds. The predicted molar refractivity (Wildman–Crippen MR) is 64.5 cm³/mol. The third-order valence-electron chi connectivity index (χ3n) is 3.40. The lowest BCUT2D eigenvalue weighted by atomic mass is 9.93. The molecule has 2 heteroatoms. The Bertz CT molecular complexity index is 327. The van der Waals surface area contributed by atoms with Crippen molar-refractivity contribution in [3.05, 3.63) is 29.8 Å². The Hall–Kier alpha value is -1.02. The Balaban J connectivity index is 2.02. The van der Waals surface area contributed by atoms with Gasteiger partial charge in [0, 0.05) is 0 Å². The van der Waals surface area contributed by atoms with Gasteiger partial charge in [-0.3, -0.25) is 0 Å². The minimum atomic E-state index is -0.330. The molecule has 88 valence electrons. The first kappa shape index (κ1) is 11.5. The van der Waals surface area contributed by atoms with E-state index in [9.17, 15) is 5.11 Å². The minimum absolute atomic E-state index is 0.330. The van der Waals surface area contributed by atoms with Crippen LogP contribution in [0.5, 0.6) is 5.75 Å². The molecule has 1 aliphatic rings. The summed E-state index contributed by atoms with van der Waals surface area (Å²) in [5, 5.41) is 10.2. The number of hydrogen-bond donors (Lipinski definition) is 1. The second-order valence-corrected chi connectivity index (χ2v) is 4.64. The Morgan fingerprint density at radius 2 is 1.94 bits per heavy atom. The van der Waals surface area contributed by atoms with Gasteiger partial charge in [0.05, 0.1) is 12.7 Å². The Morgan fingerprint density at radius 1 is 1.31 bits per heavy atom. The van der Waals surface area contributed by atoms with Crippen molar-refractivity contribution in [2.75, 3.05) is 6.61 Å². The fourth-order valence-electron chi connectivity index (χ4n) is 2.11. The van der Waals surface area contributed by atoms with Gasteiger partial charge in [0.2, 0.25) is 0 Å². The molecular weight excluding hydrogens is 200 g/mol. The number of rotatable bonds is 5. The summed E-state index contributed by atoms with van der Waals surface area (Å²) in [7, 11) is 0. The summed E-state index contributed by atoms with van der Waals surface area (Å²) in [6.45, 7) is 4.79. The van der Waals surface area contributed by atoms with Crippen molar-refractivity contribution in [1.82, 2.24) is 0 Å². The third kappa shape index (κ3) is 2.56. The normalized spacial score (nSPS) is 19.2. The van der Waals surface area contributed by atoms with E-state index in [1.807, 2.05) is 31.2 Å². The maximum Gasteiger partial charge on any atom is 0.119 e. The van der Waals surface area contributed by atoms with Crippen LogP contribution in [0.25, 0.3) is 0 Å². The van der Waals surface area contributed by atoms with E-state index in [1.54, 1.807) is 0 Å². The molecule has 2 atom stereocenters.